The highest BCUT2D eigenvalue weighted by atomic mass is 16.5. The molecule has 3 heteroatoms. The van der Waals surface area contributed by atoms with Crippen LogP contribution in [0.3, 0.4) is 0 Å². The van der Waals surface area contributed by atoms with Gasteiger partial charge in [-0.15, -0.1) is 0 Å². The van der Waals surface area contributed by atoms with E-state index < -0.39 is 0 Å². The number of para-hydroxylation sites is 1. The first-order chi connectivity index (χ1) is 9.52. The molecule has 0 aliphatic rings. The van der Waals surface area contributed by atoms with Crippen molar-refractivity contribution in [2.75, 3.05) is 7.11 Å². The maximum Gasteiger partial charge on any atom is 0.176 e. The molecule has 0 unspecified atom stereocenters. The van der Waals surface area contributed by atoms with Crippen molar-refractivity contribution >= 4 is 11.0 Å². The van der Waals surface area contributed by atoms with Crippen molar-refractivity contribution in [3.05, 3.63) is 29.5 Å². The van der Waals surface area contributed by atoms with E-state index >= 15 is 0 Å². The van der Waals surface area contributed by atoms with E-state index in [2.05, 4.69) is 39.1 Å². The molecular formula is C17H25NO2. The first-order valence-electron chi connectivity index (χ1n) is 7.33. The van der Waals surface area contributed by atoms with Crippen LogP contribution in [0, 0.1) is 5.92 Å². The number of rotatable bonds is 6. The van der Waals surface area contributed by atoms with Crippen LogP contribution in [0.2, 0.25) is 0 Å². The van der Waals surface area contributed by atoms with E-state index in [4.69, 9.17) is 9.15 Å². The molecule has 1 aromatic carbocycles. The number of ether oxygens (including phenoxy) is 1. The lowest BCUT2D eigenvalue weighted by Crippen LogP contribution is -2.22. The average Bonchev–Trinajstić information content (AvgIpc) is 2.74. The Morgan fingerprint density at radius 1 is 1.20 bits per heavy atom. The van der Waals surface area contributed by atoms with Crippen LogP contribution >= 0.6 is 0 Å². The van der Waals surface area contributed by atoms with Crippen molar-refractivity contribution in [1.29, 1.82) is 0 Å². The van der Waals surface area contributed by atoms with Crippen LogP contribution in [0.25, 0.3) is 11.0 Å². The van der Waals surface area contributed by atoms with Crippen molar-refractivity contribution in [1.82, 2.24) is 5.32 Å². The second-order valence-electron chi connectivity index (χ2n) is 5.97. The smallest absolute Gasteiger partial charge is 0.176 e. The Balaban J connectivity index is 2.47. The Labute approximate surface area is 121 Å². The lowest BCUT2D eigenvalue weighted by Gasteiger charge is -2.09. The fraction of sp³-hybridized carbons (Fsp3) is 0.529. The standard InChI is InChI=1S/C17H25NO2/c1-11(2)9-14-13-7-6-8-15(19-5)17(13)20-16(14)10-18-12(3)4/h6-8,11-12,18H,9-10H2,1-5H3. The normalized spacial score (nSPS) is 11.8. The summed E-state index contributed by atoms with van der Waals surface area (Å²) in [6.07, 6.45) is 1.02. The molecule has 0 fully saturated rings. The second-order valence-corrected chi connectivity index (χ2v) is 5.97. The summed E-state index contributed by atoms with van der Waals surface area (Å²) < 4.78 is 11.5. The molecule has 2 rings (SSSR count). The van der Waals surface area contributed by atoms with E-state index in [1.54, 1.807) is 7.11 Å². The van der Waals surface area contributed by atoms with Gasteiger partial charge in [-0.05, 0) is 18.4 Å². The number of nitrogens with one attached hydrogen (secondary N) is 1. The SMILES string of the molecule is COc1cccc2c(CC(C)C)c(CNC(C)C)oc12. The lowest BCUT2D eigenvalue weighted by molar-refractivity contribution is 0.404. The molecule has 20 heavy (non-hydrogen) atoms. The molecule has 0 aliphatic carbocycles. The summed E-state index contributed by atoms with van der Waals surface area (Å²) in [6.45, 7) is 9.52. The third-order valence-corrected chi connectivity index (χ3v) is 3.37. The molecular weight excluding hydrogens is 250 g/mol. The first kappa shape index (κ1) is 14.9. The summed E-state index contributed by atoms with van der Waals surface area (Å²) >= 11 is 0. The second kappa shape index (κ2) is 6.31. The highest BCUT2D eigenvalue weighted by Gasteiger charge is 2.17. The number of methoxy groups -OCH3 is 1. The molecule has 0 bridgehead atoms. The van der Waals surface area contributed by atoms with Gasteiger partial charge in [0.1, 0.15) is 5.76 Å². The highest BCUT2D eigenvalue weighted by molar-refractivity contribution is 5.87. The topological polar surface area (TPSA) is 34.4 Å². The van der Waals surface area contributed by atoms with Gasteiger partial charge in [-0.3, -0.25) is 0 Å². The van der Waals surface area contributed by atoms with E-state index in [9.17, 15) is 0 Å². The van der Waals surface area contributed by atoms with E-state index in [1.807, 2.05) is 12.1 Å². The Bertz CT molecular complexity index is 570. The Morgan fingerprint density at radius 3 is 2.55 bits per heavy atom. The number of furan rings is 1. The molecule has 1 heterocycles. The predicted octanol–water partition coefficient (Wildman–Crippen LogP) is 4.14. The van der Waals surface area contributed by atoms with Gasteiger partial charge in [-0.1, -0.05) is 39.8 Å². The number of fused-ring (bicyclic) bond motifs is 1. The summed E-state index contributed by atoms with van der Waals surface area (Å²) in [4.78, 5) is 0. The largest absolute Gasteiger partial charge is 0.493 e. The van der Waals surface area contributed by atoms with Crippen molar-refractivity contribution in [3.8, 4) is 5.75 Å². The molecule has 1 N–H and O–H groups in total. The zero-order chi connectivity index (χ0) is 14.7. The summed E-state index contributed by atoms with van der Waals surface area (Å²) in [7, 11) is 1.69. The van der Waals surface area contributed by atoms with E-state index in [0.29, 0.717) is 12.0 Å². The molecule has 0 spiro atoms. The van der Waals surface area contributed by atoms with Gasteiger partial charge in [0.2, 0.25) is 0 Å². The fourth-order valence-corrected chi connectivity index (χ4v) is 2.43. The Hall–Kier alpha value is -1.48. The van der Waals surface area contributed by atoms with Crippen LogP contribution in [-0.4, -0.2) is 13.2 Å². The van der Waals surface area contributed by atoms with Gasteiger partial charge in [0.05, 0.1) is 13.7 Å². The quantitative estimate of drug-likeness (QED) is 0.860. The average molecular weight is 275 g/mol. The van der Waals surface area contributed by atoms with Gasteiger partial charge in [-0.25, -0.2) is 0 Å². The number of hydrogen-bond donors (Lipinski definition) is 1. The van der Waals surface area contributed by atoms with Crippen LogP contribution in [0.4, 0.5) is 0 Å². The first-order valence-corrected chi connectivity index (χ1v) is 7.33. The van der Waals surface area contributed by atoms with Crippen LogP contribution < -0.4 is 10.1 Å². The molecule has 1 aromatic heterocycles. The van der Waals surface area contributed by atoms with Gasteiger partial charge >= 0.3 is 0 Å². The molecule has 2 aromatic rings. The van der Waals surface area contributed by atoms with Gasteiger partial charge < -0.3 is 14.5 Å². The highest BCUT2D eigenvalue weighted by Crippen LogP contribution is 2.34. The van der Waals surface area contributed by atoms with E-state index in [1.165, 1.54) is 10.9 Å². The lowest BCUT2D eigenvalue weighted by atomic mass is 9.99. The maximum atomic E-state index is 6.08. The number of hydrogen-bond acceptors (Lipinski definition) is 3. The van der Waals surface area contributed by atoms with Crippen molar-refractivity contribution in [2.45, 2.75) is 46.7 Å². The third kappa shape index (κ3) is 3.15. The van der Waals surface area contributed by atoms with Crippen molar-refractivity contribution in [2.24, 2.45) is 5.92 Å². The molecule has 110 valence electrons. The molecule has 0 radical (unpaired) electrons. The van der Waals surface area contributed by atoms with Crippen LogP contribution in [0.5, 0.6) is 5.75 Å². The van der Waals surface area contributed by atoms with Crippen LogP contribution in [0.1, 0.15) is 39.0 Å². The minimum absolute atomic E-state index is 0.442. The van der Waals surface area contributed by atoms with Crippen LogP contribution in [0.15, 0.2) is 22.6 Å². The maximum absolute atomic E-state index is 6.08. The zero-order valence-electron chi connectivity index (χ0n) is 13.1. The fourth-order valence-electron chi connectivity index (χ4n) is 2.43. The number of benzene rings is 1. The minimum Gasteiger partial charge on any atom is -0.493 e. The molecule has 0 saturated heterocycles. The molecule has 3 nitrogen and oxygen atoms in total. The van der Waals surface area contributed by atoms with Crippen LogP contribution in [-0.2, 0) is 13.0 Å². The molecule has 0 atom stereocenters. The minimum atomic E-state index is 0.442. The molecule has 0 saturated carbocycles. The predicted molar refractivity (Wildman–Crippen MR) is 83.3 cm³/mol. The summed E-state index contributed by atoms with van der Waals surface area (Å²) in [5, 5.41) is 4.62. The van der Waals surface area contributed by atoms with E-state index in [0.717, 1.165) is 30.1 Å². The van der Waals surface area contributed by atoms with Gasteiger partial charge in [0, 0.05) is 17.0 Å². The monoisotopic (exact) mass is 275 g/mol. The van der Waals surface area contributed by atoms with Crippen molar-refractivity contribution in [3.63, 3.8) is 0 Å². The molecule has 0 aliphatic heterocycles. The summed E-state index contributed by atoms with van der Waals surface area (Å²) in [5.41, 5.74) is 2.17. The van der Waals surface area contributed by atoms with Crippen molar-refractivity contribution < 1.29 is 9.15 Å². The van der Waals surface area contributed by atoms with Gasteiger partial charge in [0.15, 0.2) is 11.3 Å². The summed E-state index contributed by atoms with van der Waals surface area (Å²) in [5.74, 6) is 2.44. The Morgan fingerprint density at radius 2 is 1.95 bits per heavy atom. The Kier molecular flexibility index (Phi) is 4.71. The third-order valence-electron chi connectivity index (χ3n) is 3.37. The zero-order valence-corrected chi connectivity index (χ0v) is 13.1. The molecule has 0 amide bonds. The summed E-state index contributed by atoms with van der Waals surface area (Å²) in [6, 6.07) is 6.54. The van der Waals surface area contributed by atoms with E-state index in [-0.39, 0.29) is 0 Å². The van der Waals surface area contributed by atoms with Gasteiger partial charge in [-0.2, -0.15) is 0 Å². The van der Waals surface area contributed by atoms with Gasteiger partial charge in [0.25, 0.3) is 0 Å².